The Morgan fingerprint density at radius 1 is 1.15 bits per heavy atom. The molecule has 2 aromatic carbocycles. The van der Waals surface area contributed by atoms with Crippen LogP contribution in [-0.2, 0) is 20.6 Å². The number of rotatable bonds is 8. The molecule has 1 amide bonds. The Bertz CT molecular complexity index is 925. The summed E-state index contributed by atoms with van der Waals surface area (Å²) in [5.41, 5.74) is 2.50. The monoisotopic (exact) mass is 448 g/mol. The van der Waals surface area contributed by atoms with Crippen LogP contribution in [0.25, 0.3) is 0 Å². The summed E-state index contributed by atoms with van der Waals surface area (Å²) in [5, 5.41) is 2.91. The van der Waals surface area contributed by atoms with Gasteiger partial charge in [0.1, 0.15) is 0 Å². The second-order valence-electron chi connectivity index (χ2n) is 6.58. The highest BCUT2D eigenvalue weighted by atomic mass is 79.9. The maximum Gasteiger partial charge on any atom is 0.228 e. The molecule has 2 aromatic rings. The largest absolute Gasteiger partial charge is 0.326 e. The Morgan fingerprint density at radius 3 is 2.44 bits per heavy atom. The smallest absolute Gasteiger partial charge is 0.228 e. The predicted octanol–water partition coefficient (Wildman–Crippen LogP) is 3.80. The van der Waals surface area contributed by atoms with Crippen molar-refractivity contribution in [1.82, 2.24) is 4.72 Å². The molecule has 1 saturated carbocycles. The average molecular weight is 449 g/mol. The molecule has 0 saturated heterocycles. The molecule has 0 heterocycles. The maximum atomic E-state index is 12.4. The van der Waals surface area contributed by atoms with E-state index in [-0.39, 0.29) is 30.0 Å². The SMILES string of the molecule is C=CCNS(=O)(=O)Cc1ccc(NC(=O)C2CC2c2ccc(Br)cc2)cc1. The van der Waals surface area contributed by atoms with Gasteiger partial charge in [-0.15, -0.1) is 6.58 Å². The van der Waals surface area contributed by atoms with Crippen molar-refractivity contribution in [2.45, 2.75) is 18.1 Å². The highest BCUT2D eigenvalue weighted by Gasteiger charge is 2.43. The van der Waals surface area contributed by atoms with E-state index in [2.05, 4.69) is 32.5 Å². The molecule has 27 heavy (non-hydrogen) atoms. The van der Waals surface area contributed by atoms with Gasteiger partial charge in [-0.3, -0.25) is 4.79 Å². The van der Waals surface area contributed by atoms with Crippen molar-refractivity contribution in [1.29, 1.82) is 0 Å². The fraction of sp³-hybridized carbons (Fsp3) is 0.250. The van der Waals surface area contributed by atoms with E-state index in [1.54, 1.807) is 24.3 Å². The minimum atomic E-state index is -3.39. The molecule has 7 heteroatoms. The first-order valence-corrected chi connectivity index (χ1v) is 11.1. The molecule has 0 radical (unpaired) electrons. The van der Waals surface area contributed by atoms with Gasteiger partial charge in [-0.05, 0) is 47.7 Å². The van der Waals surface area contributed by atoms with Gasteiger partial charge in [-0.2, -0.15) is 0 Å². The first-order chi connectivity index (χ1) is 12.9. The minimum Gasteiger partial charge on any atom is -0.326 e. The van der Waals surface area contributed by atoms with Crippen LogP contribution < -0.4 is 10.0 Å². The number of sulfonamides is 1. The van der Waals surface area contributed by atoms with Crippen LogP contribution in [0.4, 0.5) is 5.69 Å². The summed E-state index contributed by atoms with van der Waals surface area (Å²) < 4.78 is 27.2. The van der Waals surface area contributed by atoms with E-state index in [4.69, 9.17) is 0 Å². The van der Waals surface area contributed by atoms with E-state index in [0.717, 1.165) is 10.9 Å². The Kier molecular flexibility index (Phi) is 6.14. The summed E-state index contributed by atoms with van der Waals surface area (Å²) in [6, 6.07) is 14.9. The minimum absolute atomic E-state index is 0.00376. The van der Waals surface area contributed by atoms with Gasteiger partial charge in [-0.25, -0.2) is 13.1 Å². The van der Waals surface area contributed by atoms with Gasteiger partial charge in [0.2, 0.25) is 15.9 Å². The number of amides is 1. The average Bonchev–Trinajstić information content (AvgIpc) is 3.43. The number of nitrogens with one attached hydrogen (secondary N) is 2. The maximum absolute atomic E-state index is 12.4. The Hall–Kier alpha value is -1.96. The van der Waals surface area contributed by atoms with Crippen LogP contribution in [0.2, 0.25) is 0 Å². The standard InChI is InChI=1S/C20H21BrN2O3S/c1-2-11-22-27(25,26)13-14-3-9-17(10-4-14)23-20(24)19-12-18(19)15-5-7-16(21)8-6-15/h2-10,18-19,22H,1,11-13H2,(H,23,24). The van der Waals surface area contributed by atoms with Gasteiger partial charge in [-0.1, -0.05) is 46.3 Å². The van der Waals surface area contributed by atoms with Gasteiger partial charge in [0.25, 0.3) is 0 Å². The Morgan fingerprint density at radius 2 is 1.81 bits per heavy atom. The fourth-order valence-electron chi connectivity index (χ4n) is 2.94. The van der Waals surface area contributed by atoms with E-state index in [0.29, 0.717) is 11.3 Å². The predicted molar refractivity (Wildman–Crippen MR) is 111 cm³/mol. The molecular formula is C20H21BrN2O3S. The molecule has 142 valence electrons. The van der Waals surface area contributed by atoms with Crippen molar-refractivity contribution >= 4 is 37.5 Å². The van der Waals surface area contributed by atoms with E-state index in [1.807, 2.05) is 24.3 Å². The molecule has 1 aliphatic rings. The summed E-state index contributed by atoms with van der Waals surface area (Å²) in [5.74, 6) is 0.132. The van der Waals surface area contributed by atoms with E-state index in [9.17, 15) is 13.2 Å². The highest BCUT2D eigenvalue weighted by molar-refractivity contribution is 9.10. The molecule has 3 rings (SSSR count). The quantitative estimate of drug-likeness (QED) is 0.603. The van der Waals surface area contributed by atoms with Crippen molar-refractivity contribution < 1.29 is 13.2 Å². The molecule has 5 nitrogen and oxygen atoms in total. The zero-order valence-electron chi connectivity index (χ0n) is 14.7. The van der Waals surface area contributed by atoms with Crippen LogP contribution in [0.15, 0.2) is 65.7 Å². The second kappa shape index (κ2) is 8.37. The van der Waals surface area contributed by atoms with Gasteiger partial charge in [0.05, 0.1) is 5.75 Å². The van der Waals surface area contributed by atoms with Gasteiger partial charge in [0.15, 0.2) is 0 Å². The molecule has 0 spiro atoms. The lowest BCUT2D eigenvalue weighted by atomic mass is 10.1. The number of halogens is 1. The number of hydrogen-bond donors (Lipinski definition) is 2. The van der Waals surface area contributed by atoms with Crippen LogP contribution in [0.1, 0.15) is 23.5 Å². The lowest BCUT2D eigenvalue weighted by Crippen LogP contribution is -2.25. The molecule has 0 aromatic heterocycles. The number of carbonyl (C=O) groups excluding carboxylic acids is 1. The summed E-state index contributed by atoms with van der Waals surface area (Å²) >= 11 is 3.41. The van der Waals surface area contributed by atoms with E-state index >= 15 is 0 Å². The van der Waals surface area contributed by atoms with Crippen molar-refractivity contribution in [3.63, 3.8) is 0 Å². The van der Waals surface area contributed by atoms with Crippen LogP contribution in [0, 0.1) is 5.92 Å². The normalized spacial score (nSPS) is 18.7. The van der Waals surface area contributed by atoms with Crippen LogP contribution in [-0.4, -0.2) is 20.9 Å². The number of anilines is 1. The van der Waals surface area contributed by atoms with E-state index in [1.165, 1.54) is 11.6 Å². The Balaban J connectivity index is 1.55. The first kappa shape index (κ1) is 19.8. The summed E-state index contributed by atoms with van der Waals surface area (Å²) in [6.07, 6.45) is 2.34. The lowest BCUT2D eigenvalue weighted by Gasteiger charge is -2.08. The van der Waals surface area contributed by atoms with Crippen molar-refractivity contribution in [2.75, 3.05) is 11.9 Å². The first-order valence-electron chi connectivity index (χ1n) is 8.61. The lowest BCUT2D eigenvalue weighted by molar-refractivity contribution is -0.117. The molecule has 1 fully saturated rings. The summed E-state index contributed by atoms with van der Waals surface area (Å²) in [7, 11) is -3.39. The zero-order valence-corrected chi connectivity index (χ0v) is 17.1. The molecular weight excluding hydrogens is 428 g/mol. The van der Waals surface area contributed by atoms with Gasteiger partial charge < -0.3 is 5.32 Å². The number of hydrogen-bond acceptors (Lipinski definition) is 3. The van der Waals surface area contributed by atoms with Crippen molar-refractivity contribution in [2.24, 2.45) is 5.92 Å². The second-order valence-corrected chi connectivity index (χ2v) is 9.31. The molecule has 1 aliphatic carbocycles. The topological polar surface area (TPSA) is 75.3 Å². The molecule has 0 aliphatic heterocycles. The van der Waals surface area contributed by atoms with Crippen molar-refractivity contribution in [3.8, 4) is 0 Å². The molecule has 0 bridgehead atoms. The van der Waals surface area contributed by atoms with Gasteiger partial charge in [0, 0.05) is 22.6 Å². The van der Waals surface area contributed by atoms with Crippen LogP contribution >= 0.6 is 15.9 Å². The van der Waals surface area contributed by atoms with Crippen molar-refractivity contribution in [3.05, 3.63) is 76.8 Å². The highest BCUT2D eigenvalue weighted by Crippen LogP contribution is 2.48. The van der Waals surface area contributed by atoms with Crippen LogP contribution in [0.5, 0.6) is 0 Å². The number of carbonyl (C=O) groups is 1. The zero-order chi connectivity index (χ0) is 19.4. The third-order valence-corrected chi connectivity index (χ3v) is 6.30. The molecule has 2 N–H and O–H groups in total. The fourth-order valence-corrected chi connectivity index (χ4v) is 4.31. The van der Waals surface area contributed by atoms with E-state index < -0.39 is 10.0 Å². The molecule has 2 unspecified atom stereocenters. The number of benzene rings is 2. The Labute approximate surface area is 168 Å². The summed E-state index contributed by atoms with van der Waals surface area (Å²) in [6.45, 7) is 3.69. The van der Waals surface area contributed by atoms with Gasteiger partial charge >= 0.3 is 0 Å². The third kappa shape index (κ3) is 5.51. The molecule has 2 atom stereocenters. The summed E-state index contributed by atoms with van der Waals surface area (Å²) in [4.78, 5) is 12.4. The van der Waals surface area contributed by atoms with Crippen LogP contribution in [0.3, 0.4) is 0 Å². The third-order valence-electron chi connectivity index (χ3n) is 4.45.